The third-order valence-corrected chi connectivity index (χ3v) is 2.64. The fraction of sp³-hybridized carbons (Fsp3) is 0.333. The number of halogens is 2. The quantitative estimate of drug-likeness (QED) is 0.726. The van der Waals surface area contributed by atoms with Gasteiger partial charge in [-0.05, 0) is 12.1 Å². The zero-order valence-corrected chi connectivity index (χ0v) is 8.40. The topological polar surface area (TPSA) is 35.2 Å². The van der Waals surface area contributed by atoms with Crippen LogP contribution in [0.2, 0.25) is 10.0 Å². The average Bonchev–Trinajstić information content (AvgIpc) is 2.02. The molecule has 1 aliphatic heterocycles. The molecule has 0 saturated carbocycles. The van der Waals surface area contributed by atoms with Gasteiger partial charge in [-0.15, -0.1) is 0 Å². The van der Waals surface area contributed by atoms with E-state index in [2.05, 4.69) is 0 Å². The highest BCUT2D eigenvalue weighted by Gasteiger charge is 2.21. The van der Waals surface area contributed by atoms with Crippen LogP contribution >= 0.6 is 23.2 Å². The molecule has 0 unspecified atom stereocenters. The summed E-state index contributed by atoms with van der Waals surface area (Å²) in [5.74, 6) is 0.719. The lowest BCUT2D eigenvalue weighted by molar-refractivity contribution is 0.269. The number of hydrogen-bond donors (Lipinski definition) is 1. The fourth-order valence-corrected chi connectivity index (χ4v) is 2.10. The summed E-state index contributed by atoms with van der Waals surface area (Å²) in [6.07, 6.45) is 0.800. The number of fused-ring (bicyclic) bond motifs is 1. The Morgan fingerprint density at radius 1 is 1.38 bits per heavy atom. The second-order valence-corrected chi connectivity index (χ2v) is 3.89. The zero-order chi connectivity index (χ0) is 9.42. The van der Waals surface area contributed by atoms with Gasteiger partial charge in [-0.2, -0.15) is 0 Å². The van der Waals surface area contributed by atoms with Gasteiger partial charge in [-0.1, -0.05) is 23.2 Å². The van der Waals surface area contributed by atoms with Crippen LogP contribution in [0.3, 0.4) is 0 Å². The molecule has 2 rings (SSSR count). The summed E-state index contributed by atoms with van der Waals surface area (Å²) in [6.45, 7) is 0.630. The summed E-state index contributed by atoms with van der Waals surface area (Å²) in [5.41, 5.74) is 6.76. The lowest BCUT2D eigenvalue weighted by atomic mass is 10.0. The van der Waals surface area contributed by atoms with E-state index in [1.807, 2.05) is 0 Å². The molecule has 1 aliphatic rings. The molecule has 0 saturated heterocycles. The summed E-state index contributed by atoms with van der Waals surface area (Å²) in [6, 6.07) is 3.41. The van der Waals surface area contributed by atoms with Crippen LogP contribution in [0.25, 0.3) is 0 Å². The van der Waals surface area contributed by atoms with Gasteiger partial charge in [0, 0.05) is 23.0 Å². The van der Waals surface area contributed by atoms with E-state index in [1.54, 1.807) is 12.1 Å². The van der Waals surface area contributed by atoms with Gasteiger partial charge in [-0.25, -0.2) is 0 Å². The molecule has 1 aromatic carbocycles. The maximum absolute atomic E-state index is 6.00. The Hall–Kier alpha value is -0.440. The van der Waals surface area contributed by atoms with E-state index < -0.39 is 0 Å². The summed E-state index contributed by atoms with van der Waals surface area (Å²) in [4.78, 5) is 0. The van der Waals surface area contributed by atoms with Gasteiger partial charge in [-0.3, -0.25) is 0 Å². The molecule has 70 valence electrons. The maximum atomic E-state index is 6.00. The van der Waals surface area contributed by atoms with Crippen molar-refractivity contribution in [2.75, 3.05) is 6.61 Å². The van der Waals surface area contributed by atoms with E-state index in [-0.39, 0.29) is 6.04 Å². The highest BCUT2D eigenvalue weighted by atomic mass is 35.5. The first-order valence-corrected chi connectivity index (χ1v) is 4.81. The van der Waals surface area contributed by atoms with Crippen LogP contribution in [-0.2, 0) is 0 Å². The van der Waals surface area contributed by atoms with Crippen LogP contribution in [0.1, 0.15) is 18.0 Å². The van der Waals surface area contributed by atoms with Crippen LogP contribution in [0.15, 0.2) is 12.1 Å². The van der Waals surface area contributed by atoms with Crippen molar-refractivity contribution in [2.24, 2.45) is 5.73 Å². The van der Waals surface area contributed by atoms with Crippen molar-refractivity contribution in [1.82, 2.24) is 0 Å². The average molecular weight is 218 g/mol. The van der Waals surface area contributed by atoms with Crippen LogP contribution in [0, 0.1) is 0 Å². The van der Waals surface area contributed by atoms with Crippen molar-refractivity contribution in [3.8, 4) is 5.75 Å². The Balaban J connectivity index is 2.56. The molecule has 2 N–H and O–H groups in total. The van der Waals surface area contributed by atoms with Crippen molar-refractivity contribution in [3.63, 3.8) is 0 Å². The normalized spacial score (nSPS) is 20.7. The minimum atomic E-state index is -0.0338. The summed E-state index contributed by atoms with van der Waals surface area (Å²) in [7, 11) is 0. The molecule has 1 heterocycles. The van der Waals surface area contributed by atoms with Gasteiger partial charge in [0.1, 0.15) is 5.75 Å². The zero-order valence-electron chi connectivity index (χ0n) is 6.89. The number of nitrogens with two attached hydrogens (primary N) is 1. The first-order chi connectivity index (χ1) is 6.18. The van der Waals surface area contributed by atoms with E-state index in [1.165, 1.54) is 0 Å². The molecular weight excluding hydrogens is 209 g/mol. The van der Waals surface area contributed by atoms with E-state index in [4.69, 9.17) is 33.7 Å². The Bertz CT molecular complexity index is 341. The fourth-order valence-electron chi connectivity index (χ4n) is 1.48. The van der Waals surface area contributed by atoms with Gasteiger partial charge in [0.05, 0.1) is 11.6 Å². The Kier molecular flexibility index (Phi) is 2.37. The molecule has 13 heavy (non-hydrogen) atoms. The molecule has 2 nitrogen and oxygen atoms in total. The van der Waals surface area contributed by atoms with Crippen LogP contribution < -0.4 is 10.5 Å². The number of benzene rings is 1. The molecule has 1 atom stereocenters. The largest absolute Gasteiger partial charge is 0.493 e. The summed E-state index contributed by atoms with van der Waals surface area (Å²) < 4.78 is 5.41. The smallest absolute Gasteiger partial charge is 0.127 e. The molecule has 0 bridgehead atoms. The maximum Gasteiger partial charge on any atom is 0.127 e. The molecule has 0 fully saturated rings. The van der Waals surface area contributed by atoms with E-state index in [9.17, 15) is 0 Å². The minimum absolute atomic E-state index is 0.0338. The molecule has 0 aliphatic carbocycles. The lowest BCUT2D eigenvalue weighted by Gasteiger charge is -2.24. The van der Waals surface area contributed by atoms with Crippen molar-refractivity contribution >= 4 is 23.2 Å². The molecule has 1 aromatic rings. The van der Waals surface area contributed by atoms with Crippen LogP contribution in [-0.4, -0.2) is 6.61 Å². The van der Waals surface area contributed by atoms with Crippen molar-refractivity contribution in [1.29, 1.82) is 0 Å². The molecule has 0 spiro atoms. The van der Waals surface area contributed by atoms with Crippen molar-refractivity contribution in [2.45, 2.75) is 12.5 Å². The van der Waals surface area contributed by atoms with Gasteiger partial charge < -0.3 is 10.5 Å². The summed E-state index contributed by atoms with van der Waals surface area (Å²) >= 11 is 11.8. The van der Waals surface area contributed by atoms with E-state index >= 15 is 0 Å². The number of hydrogen-bond acceptors (Lipinski definition) is 2. The predicted octanol–water partition coefficient (Wildman–Crippen LogP) is 2.78. The summed E-state index contributed by atoms with van der Waals surface area (Å²) in [5, 5.41) is 1.17. The highest BCUT2D eigenvalue weighted by molar-refractivity contribution is 6.35. The Morgan fingerprint density at radius 3 is 2.92 bits per heavy atom. The van der Waals surface area contributed by atoms with E-state index in [0.717, 1.165) is 17.7 Å². The monoisotopic (exact) mass is 217 g/mol. The number of rotatable bonds is 0. The predicted molar refractivity (Wildman–Crippen MR) is 53.5 cm³/mol. The molecular formula is C9H9Cl2NO. The third kappa shape index (κ3) is 1.62. The first kappa shape index (κ1) is 9.13. The molecule has 0 amide bonds. The van der Waals surface area contributed by atoms with Gasteiger partial charge in [0.25, 0.3) is 0 Å². The van der Waals surface area contributed by atoms with Crippen LogP contribution in [0.5, 0.6) is 5.75 Å². The highest BCUT2D eigenvalue weighted by Crippen LogP contribution is 2.38. The van der Waals surface area contributed by atoms with Gasteiger partial charge in [0.2, 0.25) is 0 Å². The lowest BCUT2D eigenvalue weighted by Crippen LogP contribution is -2.20. The Labute approximate surface area is 86.6 Å². The van der Waals surface area contributed by atoms with Crippen molar-refractivity contribution < 1.29 is 4.74 Å². The standard InChI is InChI=1S/C9H9Cl2NO/c10-5-3-6(11)9-7(12)1-2-13-8(9)4-5/h3-4,7H,1-2,12H2/t7-/m1/s1. The number of ether oxygens (including phenoxy) is 1. The Morgan fingerprint density at radius 2 is 2.15 bits per heavy atom. The van der Waals surface area contributed by atoms with Crippen molar-refractivity contribution in [3.05, 3.63) is 27.7 Å². The second kappa shape index (κ2) is 3.37. The third-order valence-electron chi connectivity index (χ3n) is 2.11. The second-order valence-electron chi connectivity index (χ2n) is 3.04. The molecule has 0 aromatic heterocycles. The SMILES string of the molecule is N[C@@H]1CCOc2cc(Cl)cc(Cl)c21. The van der Waals surface area contributed by atoms with E-state index in [0.29, 0.717) is 16.7 Å². The first-order valence-electron chi connectivity index (χ1n) is 4.06. The minimum Gasteiger partial charge on any atom is -0.493 e. The molecule has 0 radical (unpaired) electrons. The van der Waals surface area contributed by atoms with Crippen LogP contribution in [0.4, 0.5) is 0 Å². The van der Waals surface area contributed by atoms with Gasteiger partial charge >= 0.3 is 0 Å². The van der Waals surface area contributed by atoms with Gasteiger partial charge in [0.15, 0.2) is 0 Å². The molecule has 4 heteroatoms.